The zero-order chi connectivity index (χ0) is 28.9. The summed E-state index contributed by atoms with van der Waals surface area (Å²) in [5.41, 5.74) is 0.448. The van der Waals surface area contributed by atoms with Gasteiger partial charge in [0.05, 0.1) is 34.5 Å². The van der Waals surface area contributed by atoms with Crippen molar-refractivity contribution in [2.24, 2.45) is 0 Å². The number of hydrogen-bond donors (Lipinski definition) is 7. The second-order valence-electron chi connectivity index (χ2n) is 8.76. The minimum atomic E-state index is -2.38. The molecule has 0 amide bonds. The van der Waals surface area contributed by atoms with Crippen LogP contribution in [0.15, 0.2) is 18.2 Å². The Bertz CT molecular complexity index is 975. The number of ether oxygens (including phenoxy) is 7. The number of esters is 1. The van der Waals surface area contributed by atoms with E-state index in [1.807, 2.05) is 0 Å². The molecule has 1 aromatic rings. The number of hydrogen-bond acceptors (Lipinski definition) is 15. The van der Waals surface area contributed by atoms with Gasteiger partial charge in [0.2, 0.25) is 11.5 Å². The Morgan fingerprint density at radius 3 is 2.03 bits per heavy atom. The van der Waals surface area contributed by atoms with E-state index in [2.05, 4.69) is 0 Å². The Kier molecular flexibility index (Phi) is 10.5. The molecule has 9 atom stereocenters. The summed E-state index contributed by atoms with van der Waals surface area (Å²) < 4.78 is 37.5. The molecule has 0 saturated carbocycles. The quantitative estimate of drug-likeness (QED) is 0.105. The van der Waals surface area contributed by atoms with Gasteiger partial charge < -0.3 is 68.9 Å². The Morgan fingerprint density at radius 1 is 0.897 bits per heavy atom. The van der Waals surface area contributed by atoms with Crippen LogP contribution in [0.25, 0.3) is 6.08 Å². The molecular weight excluding hydrogens is 528 g/mol. The Morgan fingerprint density at radius 2 is 1.51 bits per heavy atom. The van der Waals surface area contributed by atoms with Crippen LogP contribution < -0.4 is 14.2 Å². The largest absolute Gasteiger partial charge is 0.493 e. The molecule has 15 nitrogen and oxygen atoms in total. The van der Waals surface area contributed by atoms with Gasteiger partial charge in [-0.2, -0.15) is 0 Å². The first-order valence-corrected chi connectivity index (χ1v) is 11.8. The molecule has 2 heterocycles. The Labute approximate surface area is 223 Å². The van der Waals surface area contributed by atoms with Crippen LogP contribution in [0.4, 0.5) is 0 Å². The minimum Gasteiger partial charge on any atom is -0.493 e. The van der Waals surface area contributed by atoms with Crippen LogP contribution in [0.1, 0.15) is 5.56 Å². The third kappa shape index (κ3) is 6.28. The van der Waals surface area contributed by atoms with E-state index in [0.717, 1.165) is 6.08 Å². The molecule has 220 valence electrons. The molecule has 3 rings (SSSR count). The third-order valence-corrected chi connectivity index (χ3v) is 6.38. The average molecular weight is 563 g/mol. The van der Waals surface area contributed by atoms with Gasteiger partial charge in [0.1, 0.15) is 43.2 Å². The molecule has 0 radical (unpaired) electrons. The van der Waals surface area contributed by atoms with Crippen LogP contribution in [0.3, 0.4) is 0 Å². The number of aliphatic hydroxyl groups is 7. The maximum absolute atomic E-state index is 12.7. The maximum atomic E-state index is 12.7. The molecule has 2 saturated heterocycles. The molecule has 1 aromatic carbocycles. The van der Waals surface area contributed by atoms with Crippen molar-refractivity contribution in [1.29, 1.82) is 0 Å². The average Bonchev–Trinajstić information content (AvgIpc) is 3.21. The van der Waals surface area contributed by atoms with Crippen molar-refractivity contribution >= 4 is 12.0 Å². The number of rotatable bonds is 11. The molecule has 15 heteroatoms. The topological polar surface area (TPSA) is 223 Å². The molecule has 0 spiro atoms. The second kappa shape index (κ2) is 13.2. The molecular formula is C24H34O15. The lowest BCUT2D eigenvalue weighted by molar-refractivity contribution is -0.383. The highest BCUT2D eigenvalue weighted by molar-refractivity contribution is 5.87. The first-order valence-electron chi connectivity index (χ1n) is 11.8. The monoisotopic (exact) mass is 562 g/mol. The van der Waals surface area contributed by atoms with Gasteiger partial charge in [-0.05, 0) is 23.8 Å². The van der Waals surface area contributed by atoms with Crippen LogP contribution in [0.2, 0.25) is 0 Å². The molecule has 39 heavy (non-hydrogen) atoms. The van der Waals surface area contributed by atoms with Gasteiger partial charge in [0.25, 0.3) is 0 Å². The van der Waals surface area contributed by atoms with Crippen molar-refractivity contribution in [3.8, 4) is 17.2 Å². The molecule has 0 bridgehead atoms. The lowest BCUT2D eigenvalue weighted by atomic mass is 9.99. The number of aliphatic hydroxyl groups excluding tert-OH is 7. The summed E-state index contributed by atoms with van der Waals surface area (Å²) in [6.07, 6.45) is -11.1. The highest BCUT2D eigenvalue weighted by Crippen LogP contribution is 2.39. The SMILES string of the molecule is COc1cc(/C=C/C(=O)OC2C(O)C(CO)OC2(CO)OC2OC(CO)C(O)C(O)C2O)cc(OC)c1OC. The standard InChI is InChI=1S/C24H34O15/c1-33-12-6-11(7-13(34-2)21(12)35-3)4-5-16(28)37-22-18(30)15(9-26)38-24(22,10-27)39-23-20(32)19(31)17(29)14(8-25)36-23/h4-7,14-15,17-20,22-23,25-27,29-32H,8-10H2,1-3H3/b5-4+. The number of carbonyl (C=O) groups is 1. The summed E-state index contributed by atoms with van der Waals surface area (Å²) in [5, 5.41) is 70.3. The first kappa shape index (κ1) is 31.0. The van der Waals surface area contributed by atoms with Crippen molar-refractivity contribution in [2.45, 2.75) is 54.8 Å². The fourth-order valence-corrected chi connectivity index (χ4v) is 4.30. The van der Waals surface area contributed by atoms with Gasteiger partial charge in [-0.1, -0.05) is 0 Å². The summed E-state index contributed by atoms with van der Waals surface area (Å²) in [4.78, 5) is 12.7. The van der Waals surface area contributed by atoms with E-state index in [1.54, 1.807) is 12.1 Å². The predicted octanol–water partition coefficient (Wildman–Crippen LogP) is -3.11. The lowest BCUT2D eigenvalue weighted by Crippen LogP contribution is -2.63. The smallest absolute Gasteiger partial charge is 0.331 e. The van der Waals surface area contributed by atoms with Crippen molar-refractivity contribution in [3.05, 3.63) is 23.8 Å². The molecule has 2 fully saturated rings. The number of methoxy groups -OCH3 is 3. The molecule has 7 N–H and O–H groups in total. The van der Waals surface area contributed by atoms with Gasteiger partial charge in [-0.15, -0.1) is 0 Å². The molecule has 9 unspecified atom stereocenters. The number of carbonyl (C=O) groups excluding carboxylic acids is 1. The lowest BCUT2D eigenvalue weighted by Gasteiger charge is -2.43. The van der Waals surface area contributed by atoms with Crippen LogP contribution >= 0.6 is 0 Å². The Balaban J connectivity index is 1.84. The summed E-state index contributed by atoms with van der Waals surface area (Å²) in [6.45, 7) is -2.59. The fourth-order valence-electron chi connectivity index (χ4n) is 4.30. The van der Waals surface area contributed by atoms with Gasteiger partial charge in [0.15, 0.2) is 23.9 Å². The van der Waals surface area contributed by atoms with Crippen molar-refractivity contribution < 1.29 is 73.7 Å². The Hall–Kier alpha value is -2.57. The zero-order valence-corrected chi connectivity index (χ0v) is 21.4. The van der Waals surface area contributed by atoms with E-state index in [0.29, 0.717) is 22.8 Å². The highest BCUT2D eigenvalue weighted by Gasteiger charge is 2.60. The molecule has 0 aromatic heterocycles. The van der Waals surface area contributed by atoms with E-state index < -0.39 is 80.6 Å². The summed E-state index contributed by atoms with van der Waals surface area (Å²) in [5.74, 6) is -2.43. The zero-order valence-electron chi connectivity index (χ0n) is 21.4. The van der Waals surface area contributed by atoms with Gasteiger partial charge >= 0.3 is 5.97 Å². The molecule has 2 aliphatic heterocycles. The first-order chi connectivity index (χ1) is 18.6. The van der Waals surface area contributed by atoms with E-state index in [-0.39, 0.29) is 0 Å². The van der Waals surface area contributed by atoms with Crippen molar-refractivity contribution in [1.82, 2.24) is 0 Å². The van der Waals surface area contributed by atoms with Crippen LogP contribution in [-0.4, -0.2) is 138 Å². The number of benzene rings is 1. The van der Waals surface area contributed by atoms with Crippen LogP contribution in [0.5, 0.6) is 17.2 Å². The van der Waals surface area contributed by atoms with E-state index in [4.69, 9.17) is 33.2 Å². The van der Waals surface area contributed by atoms with E-state index in [9.17, 15) is 40.5 Å². The predicted molar refractivity (Wildman–Crippen MR) is 128 cm³/mol. The van der Waals surface area contributed by atoms with E-state index in [1.165, 1.54) is 27.4 Å². The second-order valence-corrected chi connectivity index (χ2v) is 8.76. The van der Waals surface area contributed by atoms with Crippen LogP contribution in [-0.2, 0) is 23.7 Å². The molecule has 2 aliphatic rings. The van der Waals surface area contributed by atoms with Gasteiger partial charge in [-0.3, -0.25) is 0 Å². The van der Waals surface area contributed by atoms with Crippen molar-refractivity contribution in [3.63, 3.8) is 0 Å². The fraction of sp³-hybridized carbons (Fsp3) is 0.625. The van der Waals surface area contributed by atoms with Crippen LogP contribution in [0, 0.1) is 0 Å². The summed E-state index contributed by atoms with van der Waals surface area (Å²) >= 11 is 0. The third-order valence-electron chi connectivity index (χ3n) is 6.38. The highest BCUT2D eigenvalue weighted by atomic mass is 16.8. The normalized spacial score (nSPS) is 34.7. The minimum absolute atomic E-state index is 0.322. The van der Waals surface area contributed by atoms with Gasteiger partial charge in [0, 0.05) is 6.08 Å². The molecule has 0 aliphatic carbocycles. The maximum Gasteiger partial charge on any atom is 0.331 e. The van der Waals surface area contributed by atoms with Crippen molar-refractivity contribution in [2.75, 3.05) is 41.2 Å². The summed E-state index contributed by atoms with van der Waals surface area (Å²) in [6, 6.07) is 3.11. The van der Waals surface area contributed by atoms with E-state index >= 15 is 0 Å². The van der Waals surface area contributed by atoms with Gasteiger partial charge in [-0.25, -0.2) is 4.79 Å². The summed E-state index contributed by atoms with van der Waals surface area (Å²) in [7, 11) is 4.27.